The Hall–Kier alpha value is -2.38. The standard InChI is InChI=1S/C26H37N3O3S/c1-5-7-16-28(17-8-6-2)18-10-20-32-23-12-14-24(15-13-23)33(30,31)26-22(4)27-29-19-9-11-21(3)25(26)29/h9,11-15,19H,5-8,10,16-18,20H2,1-4H3. The van der Waals surface area contributed by atoms with Gasteiger partial charge in [0, 0.05) is 12.7 Å². The minimum atomic E-state index is -3.69. The first-order valence-electron chi connectivity index (χ1n) is 12.0. The van der Waals surface area contributed by atoms with Crippen LogP contribution in [0.1, 0.15) is 57.2 Å². The summed E-state index contributed by atoms with van der Waals surface area (Å²) in [5, 5.41) is 4.39. The van der Waals surface area contributed by atoms with E-state index in [1.165, 1.54) is 25.7 Å². The molecular formula is C26H37N3O3S. The van der Waals surface area contributed by atoms with Gasteiger partial charge in [0.1, 0.15) is 10.6 Å². The van der Waals surface area contributed by atoms with Gasteiger partial charge in [-0.2, -0.15) is 5.10 Å². The van der Waals surface area contributed by atoms with Crippen LogP contribution in [0.4, 0.5) is 0 Å². The molecule has 3 aromatic rings. The van der Waals surface area contributed by atoms with Crippen molar-refractivity contribution < 1.29 is 13.2 Å². The molecule has 1 aromatic carbocycles. The maximum absolute atomic E-state index is 13.4. The number of ether oxygens (including phenoxy) is 1. The Morgan fingerprint density at radius 1 is 0.939 bits per heavy atom. The zero-order chi connectivity index (χ0) is 23.8. The van der Waals surface area contributed by atoms with Crippen LogP contribution in [-0.4, -0.2) is 49.2 Å². The summed E-state index contributed by atoms with van der Waals surface area (Å²) in [7, 11) is -3.69. The zero-order valence-electron chi connectivity index (χ0n) is 20.4. The molecule has 7 heteroatoms. The van der Waals surface area contributed by atoms with E-state index in [1.54, 1.807) is 41.9 Å². The quantitative estimate of drug-likeness (QED) is 0.310. The summed E-state index contributed by atoms with van der Waals surface area (Å²) in [6.07, 6.45) is 7.61. The third kappa shape index (κ3) is 6.15. The summed E-state index contributed by atoms with van der Waals surface area (Å²) < 4.78 is 34.3. The second kappa shape index (κ2) is 11.7. The minimum Gasteiger partial charge on any atom is -0.494 e. The molecule has 0 saturated carbocycles. The fraction of sp³-hybridized carbons (Fsp3) is 0.500. The van der Waals surface area contributed by atoms with Gasteiger partial charge in [-0.1, -0.05) is 32.8 Å². The van der Waals surface area contributed by atoms with Gasteiger partial charge in [0.05, 0.1) is 22.7 Å². The number of rotatable bonds is 13. The van der Waals surface area contributed by atoms with Crippen LogP contribution in [-0.2, 0) is 9.84 Å². The van der Waals surface area contributed by atoms with Crippen LogP contribution < -0.4 is 4.74 Å². The maximum Gasteiger partial charge on any atom is 0.210 e. The van der Waals surface area contributed by atoms with Gasteiger partial charge in [-0.3, -0.25) is 0 Å². The lowest BCUT2D eigenvalue weighted by atomic mass is 10.2. The molecule has 0 radical (unpaired) electrons. The van der Waals surface area contributed by atoms with E-state index in [-0.39, 0.29) is 9.79 Å². The number of benzene rings is 1. The summed E-state index contributed by atoms with van der Waals surface area (Å²) in [6, 6.07) is 10.5. The number of pyridine rings is 1. The van der Waals surface area contributed by atoms with Gasteiger partial charge in [0.2, 0.25) is 9.84 Å². The second-order valence-corrected chi connectivity index (χ2v) is 10.5. The molecule has 0 atom stereocenters. The van der Waals surface area contributed by atoms with Crippen molar-refractivity contribution in [3.63, 3.8) is 0 Å². The first-order chi connectivity index (χ1) is 15.9. The zero-order valence-corrected chi connectivity index (χ0v) is 21.2. The molecule has 0 amide bonds. The average Bonchev–Trinajstić information content (AvgIpc) is 3.16. The Morgan fingerprint density at radius 2 is 1.58 bits per heavy atom. The Morgan fingerprint density at radius 3 is 2.21 bits per heavy atom. The van der Waals surface area contributed by atoms with Crippen LogP contribution in [0.5, 0.6) is 5.75 Å². The highest BCUT2D eigenvalue weighted by molar-refractivity contribution is 7.91. The fourth-order valence-corrected chi connectivity index (χ4v) is 5.75. The topological polar surface area (TPSA) is 63.9 Å². The van der Waals surface area contributed by atoms with E-state index >= 15 is 0 Å². The number of aryl methyl sites for hydroxylation is 2. The van der Waals surface area contributed by atoms with E-state index < -0.39 is 9.84 Å². The predicted octanol–water partition coefficient (Wildman–Crippen LogP) is 5.46. The summed E-state index contributed by atoms with van der Waals surface area (Å²) in [6.45, 7) is 12.0. The van der Waals surface area contributed by atoms with Gasteiger partial charge in [-0.15, -0.1) is 0 Å². The molecule has 0 N–H and O–H groups in total. The van der Waals surface area contributed by atoms with Crippen LogP contribution in [0, 0.1) is 13.8 Å². The fourth-order valence-electron chi connectivity index (χ4n) is 4.08. The van der Waals surface area contributed by atoms with E-state index in [4.69, 9.17) is 4.74 Å². The number of unbranched alkanes of at least 4 members (excludes halogenated alkanes) is 2. The largest absolute Gasteiger partial charge is 0.494 e. The van der Waals surface area contributed by atoms with Crippen molar-refractivity contribution in [3.05, 3.63) is 53.9 Å². The van der Waals surface area contributed by atoms with E-state index in [0.29, 0.717) is 23.6 Å². The van der Waals surface area contributed by atoms with Crippen molar-refractivity contribution in [1.82, 2.24) is 14.5 Å². The molecule has 6 nitrogen and oxygen atoms in total. The lowest BCUT2D eigenvalue weighted by Crippen LogP contribution is -2.28. The average molecular weight is 472 g/mol. The molecule has 0 aliphatic heterocycles. The number of hydrogen-bond donors (Lipinski definition) is 0. The summed E-state index contributed by atoms with van der Waals surface area (Å²) in [4.78, 5) is 3.04. The molecular weight excluding hydrogens is 434 g/mol. The number of hydrogen-bond acceptors (Lipinski definition) is 5. The second-order valence-electron chi connectivity index (χ2n) is 8.62. The highest BCUT2D eigenvalue weighted by Crippen LogP contribution is 2.30. The van der Waals surface area contributed by atoms with E-state index in [1.807, 2.05) is 19.1 Å². The first kappa shape index (κ1) is 25.2. The van der Waals surface area contributed by atoms with E-state index in [0.717, 1.165) is 31.6 Å². The Labute approximate surface area is 198 Å². The van der Waals surface area contributed by atoms with Crippen molar-refractivity contribution >= 4 is 15.4 Å². The van der Waals surface area contributed by atoms with Gasteiger partial charge >= 0.3 is 0 Å². The normalized spacial score (nSPS) is 12.0. The molecule has 0 unspecified atom stereocenters. The van der Waals surface area contributed by atoms with Crippen LogP contribution >= 0.6 is 0 Å². The summed E-state index contributed by atoms with van der Waals surface area (Å²) in [5.74, 6) is 0.690. The lowest BCUT2D eigenvalue weighted by Gasteiger charge is -2.21. The molecule has 180 valence electrons. The molecule has 0 spiro atoms. The highest BCUT2D eigenvalue weighted by Gasteiger charge is 2.26. The van der Waals surface area contributed by atoms with Gasteiger partial charge in [-0.25, -0.2) is 12.9 Å². The first-order valence-corrected chi connectivity index (χ1v) is 13.5. The maximum atomic E-state index is 13.4. The minimum absolute atomic E-state index is 0.251. The Bertz CT molecular complexity index is 1130. The molecule has 0 bridgehead atoms. The molecule has 0 aliphatic rings. The van der Waals surface area contributed by atoms with Crippen molar-refractivity contribution in [3.8, 4) is 5.75 Å². The number of nitrogens with zero attached hydrogens (tertiary/aromatic N) is 3. The van der Waals surface area contributed by atoms with Crippen LogP contribution in [0.3, 0.4) is 0 Å². The lowest BCUT2D eigenvalue weighted by molar-refractivity contribution is 0.229. The van der Waals surface area contributed by atoms with Gasteiger partial charge in [0.15, 0.2) is 0 Å². The SMILES string of the molecule is CCCCN(CCCC)CCCOc1ccc(S(=O)(=O)c2c(C)nn3cccc(C)c23)cc1. The number of sulfone groups is 1. The molecule has 2 heterocycles. The smallest absolute Gasteiger partial charge is 0.210 e. The van der Waals surface area contributed by atoms with E-state index in [2.05, 4.69) is 23.8 Å². The van der Waals surface area contributed by atoms with Crippen molar-refractivity contribution in [2.24, 2.45) is 0 Å². The molecule has 3 rings (SSSR count). The van der Waals surface area contributed by atoms with Gasteiger partial charge < -0.3 is 9.64 Å². The van der Waals surface area contributed by atoms with Gasteiger partial charge in [-0.05, 0) is 82.1 Å². The predicted molar refractivity (Wildman–Crippen MR) is 133 cm³/mol. The highest BCUT2D eigenvalue weighted by atomic mass is 32.2. The van der Waals surface area contributed by atoms with Crippen molar-refractivity contribution in [2.45, 2.75) is 69.6 Å². The number of aromatic nitrogens is 2. The van der Waals surface area contributed by atoms with Crippen LogP contribution in [0.25, 0.3) is 5.52 Å². The van der Waals surface area contributed by atoms with Crippen LogP contribution in [0.2, 0.25) is 0 Å². The Balaban J connectivity index is 1.64. The number of fused-ring (bicyclic) bond motifs is 1. The summed E-state index contributed by atoms with van der Waals surface area (Å²) in [5.41, 5.74) is 2.01. The third-order valence-electron chi connectivity index (χ3n) is 5.92. The Kier molecular flexibility index (Phi) is 8.92. The van der Waals surface area contributed by atoms with E-state index in [9.17, 15) is 8.42 Å². The molecule has 33 heavy (non-hydrogen) atoms. The van der Waals surface area contributed by atoms with Crippen molar-refractivity contribution in [2.75, 3.05) is 26.2 Å². The molecule has 0 fully saturated rings. The molecule has 0 saturated heterocycles. The monoisotopic (exact) mass is 471 g/mol. The molecule has 2 aromatic heterocycles. The van der Waals surface area contributed by atoms with Crippen molar-refractivity contribution in [1.29, 1.82) is 0 Å². The van der Waals surface area contributed by atoms with Crippen LogP contribution in [0.15, 0.2) is 52.4 Å². The molecule has 0 aliphatic carbocycles. The summed E-state index contributed by atoms with van der Waals surface area (Å²) >= 11 is 0. The van der Waals surface area contributed by atoms with Gasteiger partial charge in [0.25, 0.3) is 0 Å². The third-order valence-corrected chi connectivity index (χ3v) is 7.84.